The largest absolute Gasteiger partial charge is 0.497 e. The Kier molecular flexibility index (Phi) is 7.17. The van der Waals surface area contributed by atoms with Crippen LogP contribution in [0.1, 0.15) is 26.8 Å². The monoisotopic (exact) mass is 471 g/mol. The molecule has 1 aliphatic rings. The van der Waals surface area contributed by atoms with E-state index in [-0.39, 0.29) is 5.91 Å². The number of halogens is 1. The zero-order valence-corrected chi connectivity index (χ0v) is 19.8. The summed E-state index contributed by atoms with van der Waals surface area (Å²) in [5.41, 5.74) is 1.90. The lowest BCUT2D eigenvalue weighted by Crippen LogP contribution is -2.35. The van der Waals surface area contributed by atoms with E-state index in [1.54, 1.807) is 19.2 Å². The Morgan fingerprint density at radius 2 is 1.75 bits per heavy atom. The van der Waals surface area contributed by atoms with E-state index in [2.05, 4.69) is 22.0 Å². The molecule has 3 aromatic rings. The van der Waals surface area contributed by atoms with Crippen molar-refractivity contribution in [2.75, 3.05) is 38.2 Å². The molecule has 1 fully saturated rings. The van der Waals surface area contributed by atoms with Crippen LogP contribution < -0.4 is 14.4 Å². The van der Waals surface area contributed by atoms with E-state index in [4.69, 9.17) is 21.1 Å². The second kappa shape index (κ2) is 10.2. The standard InChI is InChI=1S/C24H26ClN3O3S/c1-17-23(32-22(26-17)16-31-21-8-4-18(25)5-9-21)24(29)28-13-3-12-27(14-15-28)19-6-10-20(30-2)11-7-19/h4-11H,3,12-16H2,1-2H3. The van der Waals surface area contributed by atoms with Crippen LogP contribution in [-0.2, 0) is 6.61 Å². The fourth-order valence-electron chi connectivity index (χ4n) is 3.70. The van der Waals surface area contributed by atoms with Crippen molar-refractivity contribution in [2.45, 2.75) is 20.0 Å². The van der Waals surface area contributed by atoms with Gasteiger partial charge < -0.3 is 19.3 Å². The minimum absolute atomic E-state index is 0.0503. The number of nitrogens with zero attached hydrogens (tertiary/aromatic N) is 3. The second-order valence-corrected chi connectivity index (χ2v) is 9.12. The van der Waals surface area contributed by atoms with Gasteiger partial charge in [-0.25, -0.2) is 4.98 Å². The van der Waals surface area contributed by atoms with Crippen LogP contribution in [-0.4, -0.2) is 49.1 Å². The molecule has 32 heavy (non-hydrogen) atoms. The van der Waals surface area contributed by atoms with Gasteiger partial charge in [-0.1, -0.05) is 11.6 Å². The van der Waals surface area contributed by atoms with Crippen LogP contribution in [0.15, 0.2) is 48.5 Å². The number of thiazole rings is 1. The van der Waals surface area contributed by atoms with E-state index in [9.17, 15) is 4.79 Å². The van der Waals surface area contributed by atoms with Gasteiger partial charge in [0.25, 0.3) is 5.91 Å². The van der Waals surface area contributed by atoms with Crippen molar-refractivity contribution in [1.82, 2.24) is 9.88 Å². The van der Waals surface area contributed by atoms with Gasteiger partial charge in [0, 0.05) is 36.9 Å². The van der Waals surface area contributed by atoms with Crippen LogP contribution in [0.4, 0.5) is 5.69 Å². The van der Waals surface area contributed by atoms with Gasteiger partial charge >= 0.3 is 0 Å². The number of benzene rings is 2. The van der Waals surface area contributed by atoms with Crippen molar-refractivity contribution in [3.63, 3.8) is 0 Å². The number of carbonyl (C=O) groups is 1. The molecule has 2 heterocycles. The molecule has 0 saturated carbocycles. The average Bonchev–Trinajstić information content (AvgIpc) is 3.02. The third-order valence-corrected chi connectivity index (χ3v) is 6.80. The summed E-state index contributed by atoms with van der Waals surface area (Å²) in [4.78, 5) is 22.7. The highest BCUT2D eigenvalue weighted by Gasteiger charge is 2.24. The Bertz CT molecular complexity index is 1050. The minimum Gasteiger partial charge on any atom is -0.497 e. The quantitative estimate of drug-likeness (QED) is 0.503. The normalized spacial score (nSPS) is 14.2. The van der Waals surface area contributed by atoms with Gasteiger partial charge in [0.05, 0.1) is 12.8 Å². The second-order valence-electron chi connectivity index (χ2n) is 7.60. The van der Waals surface area contributed by atoms with Gasteiger partial charge in [0.1, 0.15) is 28.0 Å². The Hall–Kier alpha value is -2.77. The number of hydrogen-bond donors (Lipinski definition) is 0. The molecular formula is C24H26ClN3O3S. The van der Waals surface area contributed by atoms with Gasteiger partial charge in [-0.2, -0.15) is 0 Å². The van der Waals surface area contributed by atoms with Crippen LogP contribution in [0, 0.1) is 6.92 Å². The molecule has 4 rings (SSSR count). The molecular weight excluding hydrogens is 446 g/mol. The van der Waals surface area contributed by atoms with E-state index in [0.717, 1.165) is 53.9 Å². The van der Waals surface area contributed by atoms with Gasteiger partial charge in [-0.15, -0.1) is 11.3 Å². The SMILES string of the molecule is COc1ccc(N2CCCN(C(=O)c3sc(COc4ccc(Cl)cc4)nc3C)CC2)cc1. The minimum atomic E-state index is 0.0503. The molecule has 0 unspecified atom stereocenters. The summed E-state index contributed by atoms with van der Waals surface area (Å²) >= 11 is 7.32. The van der Waals surface area contributed by atoms with Crippen molar-refractivity contribution in [1.29, 1.82) is 0 Å². The smallest absolute Gasteiger partial charge is 0.265 e. The number of anilines is 1. The number of amides is 1. The van der Waals surface area contributed by atoms with Gasteiger partial charge in [0.15, 0.2) is 0 Å². The molecule has 0 N–H and O–H groups in total. The fraction of sp³-hybridized carbons (Fsp3) is 0.333. The summed E-state index contributed by atoms with van der Waals surface area (Å²) in [6.07, 6.45) is 0.919. The molecule has 0 bridgehead atoms. The van der Waals surface area contributed by atoms with E-state index >= 15 is 0 Å². The van der Waals surface area contributed by atoms with Crippen LogP contribution in [0.5, 0.6) is 11.5 Å². The summed E-state index contributed by atoms with van der Waals surface area (Å²) in [7, 11) is 1.67. The number of aryl methyl sites for hydroxylation is 1. The maximum Gasteiger partial charge on any atom is 0.265 e. The number of ether oxygens (including phenoxy) is 2. The molecule has 168 valence electrons. The number of hydrogen-bond acceptors (Lipinski definition) is 6. The number of methoxy groups -OCH3 is 1. The fourth-order valence-corrected chi connectivity index (χ4v) is 4.78. The molecule has 8 heteroatoms. The Morgan fingerprint density at radius 1 is 1.03 bits per heavy atom. The third kappa shape index (κ3) is 5.34. The number of carbonyl (C=O) groups excluding carboxylic acids is 1. The summed E-state index contributed by atoms with van der Waals surface area (Å²) in [5, 5.41) is 1.45. The molecule has 0 atom stereocenters. The van der Waals surface area contributed by atoms with E-state index in [1.165, 1.54) is 11.3 Å². The summed E-state index contributed by atoms with van der Waals surface area (Å²) in [6, 6.07) is 15.3. The molecule has 2 aromatic carbocycles. The predicted octanol–water partition coefficient (Wildman–Crippen LogP) is 5.05. The van der Waals surface area contributed by atoms with Crippen LogP contribution in [0.2, 0.25) is 5.02 Å². The maximum absolute atomic E-state index is 13.2. The highest BCUT2D eigenvalue weighted by molar-refractivity contribution is 7.13. The molecule has 0 spiro atoms. The van der Waals surface area contributed by atoms with E-state index < -0.39 is 0 Å². The van der Waals surface area contributed by atoms with Crippen LogP contribution in [0.25, 0.3) is 0 Å². The highest BCUT2D eigenvalue weighted by atomic mass is 35.5. The molecule has 1 aliphatic heterocycles. The van der Waals surface area contributed by atoms with Crippen molar-refractivity contribution < 1.29 is 14.3 Å². The molecule has 1 saturated heterocycles. The van der Waals surface area contributed by atoms with Crippen molar-refractivity contribution in [3.8, 4) is 11.5 Å². The molecule has 1 aromatic heterocycles. The summed E-state index contributed by atoms with van der Waals surface area (Å²) in [6.45, 7) is 5.33. The van der Waals surface area contributed by atoms with Crippen molar-refractivity contribution in [2.24, 2.45) is 0 Å². The molecule has 0 aliphatic carbocycles. The van der Waals surface area contributed by atoms with Gasteiger partial charge in [-0.05, 0) is 61.9 Å². The van der Waals surface area contributed by atoms with Gasteiger partial charge in [0.2, 0.25) is 0 Å². The van der Waals surface area contributed by atoms with Crippen LogP contribution >= 0.6 is 22.9 Å². The highest BCUT2D eigenvalue weighted by Crippen LogP contribution is 2.25. The Balaban J connectivity index is 1.37. The third-order valence-electron chi connectivity index (χ3n) is 5.43. The number of rotatable bonds is 6. The lowest BCUT2D eigenvalue weighted by atomic mass is 10.2. The molecule has 6 nitrogen and oxygen atoms in total. The van der Waals surface area contributed by atoms with Crippen LogP contribution in [0.3, 0.4) is 0 Å². The zero-order valence-electron chi connectivity index (χ0n) is 18.2. The first-order valence-electron chi connectivity index (χ1n) is 10.6. The predicted molar refractivity (Wildman–Crippen MR) is 128 cm³/mol. The lowest BCUT2D eigenvalue weighted by Gasteiger charge is -2.23. The zero-order chi connectivity index (χ0) is 22.5. The molecule has 0 radical (unpaired) electrons. The van der Waals surface area contributed by atoms with Crippen molar-refractivity contribution in [3.05, 3.63) is 69.1 Å². The maximum atomic E-state index is 13.2. The van der Waals surface area contributed by atoms with Crippen molar-refractivity contribution >= 4 is 34.5 Å². The lowest BCUT2D eigenvalue weighted by molar-refractivity contribution is 0.0771. The first kappa shape index (κ1) is 22.4. The number of aromatic nitrogens is 1. The summed E-state index contributed by atoms with van der Waals surface area (Å²) < 4.78 is 11.0. The van der Waals surface area contributed by atoms with E-state index in [0.29, 0.717) is 23.1 Å². The van der Waals surface area contributed by atoms with E-state index in [1.807, 2.05) is 36.1 Å². The molecule has 1 amide bonds. The van der Waals surface area contributed by atoms with Gasteiger partial charge in [-0.3, -0.25) is 4.79 Å². The summed E-state index contributed by atoms with van der Waals surface area (Å²) in [5.74, 6) is 1.62. The average molecular weight is 472 g/mol. The Labute approximate surface area is 197 Å². The first-order valence-corrected chi connectivity index (χ1v) is 11.8. The topological polar surface area (TPSA) is 54.9 Å². The first-order chi connectivity index (χ1) is 15.5. The Morgan fingerprint density at radius 3 is 2.47 bits per heavy atom.